The number of hydrogen-bond donors (Lipinski definition) is 2. The van der Waals surface area contributed by atoms with E-state index in [1.165, 1.54) is 6.21 Å². The maximum atomic E-state index is 12.6. The van der Waals surface area contributed by atoms with Crippen molar-refractivity contribution in [3.05, 3.63) is 101 Å². The average Bonchev–Trinajstić information content (AvgIpc) is 2.82. The van der Waals surface area contributed by atoms with Crippen LogP contribution < -0.4 is 15.5 Å². The zero-order chi connectivity index (χ0) is 23.6. The Morgan fingerprint density at radius 2 is 1.73 bits per heavy atom. The highest BCUT2D eigenvalue weighted by Crippen LogP contribution is 2.14. The van der Waals surface area contributed by atoms with Gasteiger partial charge in [-0.05, 0) is 59.5 Å². The number of benzene rings is 3. The first-order valence-electron chi connectivity index (χ1n) is 10.6. The molecule has 3 aromatic carbocycles. The molecule has 0 aliphatic rings. The summed E-state index contributed by atoms with van der Waals surface area (Å²) in [5, 5.41) is 7.22. The number of rotatable bonds is 9. The quantitative estimate of drug-likeness (QED) is 0.352. The highest BCUT2D eigenvalue weighted by atomic mass is 35.5. The molecule has 0 heterocycles. The molecule has 0 saturated carbocycles. The molecule has 0 radical (unpaired) electrons. The molecule has 0 saturated heterocycles. The molecular weight excluding hydrogens is 438 g/mol. The van der Waals surface area contributed by atoms with Gasteiger partial charge in [-0.15, -0.1) is 0 Å². The van der Waals surface area contributed by atoms with Crippen LogP contribution in [0.3, 0.4) is 0 Å². The van der Waals surface area contributed by atoms with E-state index in [9.17, 15) is 9.59 Å². The lowest BCUT2D eigenvalue weighted by atomic mass is 10.0. The summed E-state index contributed by atoms with van der Waals surface area (Å²) in [4.78, 5) is 25.1. The van der Waals surface area contributed by atoms with Crippen LogP contribution in [0.25, 0.3) is 0 Å². The lowest BCUT2D eigenvalue weighted by Crippen LogP contribution is -2.48. The van der Waals surface area contributed by atoms with Crippen LogP contribution in [-0.4, -0.2) is 24.1 Å². The van der Waals surface area contributed by atoms with Crippen LogP contribution in [0, 0.1) is 5.92 Å². The van der Waals surface area contributed by atoms with E-state index in [0.717, 1.165) is 16.9 Å². The highest BCUT2D eigenvalue weighted by Gasteiger charge is 2.24. The third kappa shape index (κ3) is 7.47. The topological polar surface area (TPSA) is 79.8 Å². The van der Waals surface area contributed by atoms with E-state index in [1.807, 2.05) is 68.4 Å². The SMILES string of the molecule is CC(C)C(NC(=O)c1cccc(Cl)c1)C(=O)N/N=C/c1ccc(OCc2ccccc2)cc1. The first-order chi connectivity index (χ1) is 15.9. The number of carbonyl (C=O) groups is 2. The highest BCUT2D eigenvalue weighted by molar-refractivity contribution is 6.31. The van der Waals surface area contributed by atoms with Crippen LogP contribution in [-0.2, 0) is 11.4 Å². The van der Waals surface area contributed by atoms with Gasteiger partial charge in [0, 0.05) is 10.6 Å². The van der Waals surface area contributed by atoms with Crippen molar-refractivity contribution in [3.63, 3.8) is 0 Å². The summed E-state index contributed by atoms with van der Waals surface area (Å²) in [7, 11) is 0. The third-order valence-corrected chi connectivity index (χ3v) is 5.07. The van der Waals surface area contributed by atoms with Gasteiger partial charge in [-0.3, -0.25) is 9.59 Å². The van der Waals surface area contributed by atoms with Crippen molar-refractivity contribution < 1.29 is 14.3 Å². The van der Waals surface area contributed by atoms with Gasteiger partial charge >= 0.3 is 0 Å². The predicted octanol–water partition coefficient (Wildman–Crippen LogP) is 4.82. The lowest BCUT2D eigenvalue weighted by Gasteiger charge is -2.20. The maximum Gasteiger partial charge on any atom is 0.262 e. The number of hydrazone groups is 1. The molecule has 0 bridgehead atoms. The summed E-state index contributed by atoms with van der Waals surface area (Å²) >= 11 is 5.95. The molecule has 0 fully saturated rings. The van der Waals surface area contributed by atoms with Crippen molar-refractivity contribution in [1.29, 1.82) is 0 Å². The summed E-state index contributed by atoms with van der Waals surface area (Å²) in [6.45, 7) is 4.18. The van der Waals surface area contributed by atoms with Gasteiger partial charge < -0.3 is 10.1 Å². The Hall–Kier alpha value is -3.64. The van der Waals surface area contributed by atoms with Crippen LogP contribution >= 0.6 is 11.6 Å². The van der Waals surface area contributed by atoms with Gasteiger partial charge in [0.2, 0.25) is 0 Å². The van der Waals surface area contributed by atoms with E-state index < -0.39 is 11.9 Å². The van der Waals surface area contributed by atoms with E-state index in [4.69, 9.17) is 16.3 Å². The molecule has 0 aliphatic heterocycles. The fourth-order valence-corrected chi connectivity index (χ4v) is 3.21. The average molecular weight is 464 g/mol. The van der Waals surface area contributed by atoms with Gasteiger partial charge in [-0.25, -0.2) is 5.43 Å². The van der Waals surface area contributed by atoms with Gasteiger partial charge in [0.1, 0.15) is 18.4 Å². The fourth-order valence-electron chi connectivity index (χ4n) is 3.02. The second-order valence-corrected chi connectivity index (χ2v) is 8.22. The molecule has 0 aromatic heterocycles. The summed E-state index contributed by atoms with van der Waals surface area (Å²) in [6.07, 6.45) is 1.54. The van der Waals surface area contributed by atoms with E-state index in [-0.39, 0.29) is 11.8 Å². The number of ether oxygens (including phenoxy) is 1. The van der Waals surface area contributed by atoms with Gasteiger partial charge in [0.25, 0.3) is 11.8 Å². The third-order valence-electron chi connectivity index (χ3n) is 4.84. The molecule has 2 amide bonds. The molecule has 0 spiro atoms. The van der Waals surface area contributed by atoms with Crippen molar-refractivity contribution in [2.45, 2.75) is 26.5 Å². The van der Waals surface area contributed by atoms with Crippen molar-refractivity contribution in [1.82, 2.24) is 10.7 Å². The minimum atomic E-state index is -0.748. The van der Waals surface area contributed by atoms with Crippen molar-refractivity contribution >= 4 is 29.6 Å². The Balaban J connectivity index is 1.53. The zero-order valence-electron chi connectivity index (χ0n) is 18.5. The second-order valence-electron chi connectivity index (χ2n) is 7.78. The molecule has 3 aromatic rings. The Kier molecular flexibility index (Phi) is 8.61. The smallest absolute Gasteiger partial charge is 0.262 e. The summed E-state index contributed by atoms with van der Waals surface area (Å²) in [5.41, 5.74) is 4.78. The molecule has 3 rings (SSSR count). The number of amides is 2. The van der Waals surface area contributed by atoms with Gasteiger partial charge in [-0.2, -0.15) is 5.10 Å². The molecule has 7 heteroatoms. The monoisotopic (exact) mass is 463 g/mol. The molecule has 170 valence electrons. The largest absolute Gasteiger partial charge is 0.489 e. The fraction of sp³-hybridized carbons (Fsp3) is 0.192. The first-order valence-corrected chi connectivity index (χ1v) is 11.0. The molecule has 6 nitrogen and oxygen atoms in total. The molecule has 2 N–H and O–H groups in total. The number of nitrogens with zero attached hydrogens (tertiary/aromatic N) is 1. The number of hydrogen-bond acceptors (Lipinski definition) is 4. The number of halogens is 1. The zero-order valence-corrected chi connectivity index (χ0v) is 19.3. The van der Waals surface area contributed by atoms with Crippen LogP contribution in [0.5, 0.6) is 5.75 Å². The van der Waals surface area contributed by atoms with Crippen LogP contribution in [0.15, 0.2) is 84.0 Å². The van der Waals surface area contributed by atoms with E-state index >= 15 is 0 Å². The Morgan fingerprint density at radius 1 is 1.00 bits per heavy atom. The van der Waals surface area contributed by atoms with Crippen molar-refractivity contribution in [2.24, 2.45) is 11.0 Å². The van der Waals surface area contributed by atoms with Crippen molar-refractivity contribution in [3.8, 4) is 5.75 Å². The Morgan fingerprint density at radius 3 is 2.39 bits per heavy atom. The standard InChI is InChI=1S/C26H26ClN3O3/c1-18(2)24(29-25(31)21-9-6-10-22(27)15-21)26(32)30-28-16-19-11-13-23(14-12-19)33-17-20-7-4-3-5-8-20/h3-16,18,24H,17H2,1-2H3,(H,29,31)(H,30,32)/b28-16+. The number of carbonyl (C=O) groups excluding carboxylic acids is 2. The van der Waals surface area contributed by atoms with Crippen molar-refractivity contribution in [2.75, 3.05) is 0 Å². The first kappa shape index (κ1) is 24.0. The Labute approximate surface area is 198 Å². The van der Waals surface area contributed by atoms with Crippen LogP contribution in [0.1, 0.15) is 35.3 Å². The Bertz CT molecular complexity index is 1100. The second kappa shape index (κ2) is 11.8. The molecule has 33 heavy (non-hydrogen) atoms. The molecule has 1 atom stereocenters. The summed E-state index contributed by atoms with van der Waals surface area (Å²) in [6, 6.07) is 23.1. The van der Waals surface area contributed by atoms with E-state index in [1.54, 1.807) is 24.3 Å². The van der Waals surface area contributed by atoms with Crippen LogP contribution in [0.2, 0.25) is 5.02 Å². The molecule has 1 unspecified atom stereocenters. The summed E-state index contributed by atoms with van der Waals surface area (Å²) < 4.78 is 5.77. The minimum absolute atomic E-state index is 0.135. The minimum Gasteiger partial charge on any atom is -0.489 e. The lowest BCUT2D eigenvalue weighted by molar-refractivity contribution is -0.123. The van der Waals surface area contributed by atoms with Gasteiger partial charge in [0.05, 0.1) is 6.21 Å². The molecule has 0 aliphatic carbocycles. The van der Waals surface area contributed by atoms with Gasteiger partial charge in [-0.1, -0.05) is 61.8 Å². The number of nitrogens with one attached hydrogen (secondary N) is 2. The van der Waals surface area contributed by atoms with E-state index in [2.05, 4.69) is 15.8 Å². The molecular formula is C26H26ClN3O3. The summed E-state index contributed by atoms with van der Waals surface area (Å²) in [5.74, 6) is -0.172. The van der Waals surface area contributed by atoms with Crippen LogP contribution in [0.4, 0.5) is 0 Å². The normalized spacial score (nSPS) is 11.9. The van der Waals surface area contributed by atoms with Gasteiger partial charge in [0.15, 0.2) is 0 Å². The van der Waals surface area contributed by atoms with E-state index in [0.29, 0.717) is 17.2 Å². The maximum absolute atomic E-state index is 12.6. The predicted molar refractivity (Wildman–Crippen MR) is 130 cm³/mol.